The van der Waals surface area contributed by atoms with Crippen molar-refractivity contribution in [1.82, 2.24) is 30.0 Å². The minimum atomic E-state index is -0.215. The fourth-order valence-electron chi connectivity index (χ4n) is 4.96. The van der Waals surface area contributed by atoms with Gasteiger partial charge in [0.05, 0.1) is 7.05 Å². The summed E-state index contributed by atoms with van der Waals surface area (Å²) in [5.41, 5.74) is 2.46. The van der Waals surface area contributed by atoms with Gasteiger partial charge >= 0.3 is 0 Å². The van der Waals surface area contributed by atoms with Gasteiger partial charge in [-0.15, -0.1) is 10.2 Å². The number of aryl methyl sites for hydroxylation is 1. The number of hydrogen-bond donors (Lipinski definition) is 0. The second kappa shape index (κ2) is 7.28. The van der Waals surface area contributed by atoms with Crippen molar-refractivity contribution in [3.8, 4) is 11.4 Å². The van der Waals surface area contributed by atoms with Crippen LogP contribution in [0.3, 0.4) is 0 Å². The average Bonchev–Trinajstić information content (AvgIpc) is 3.41. The Labute approximate surface area is 174 Å². The Balaban J connectivity index is 1.32. The molecule has 3 atom stereocenters. The number of halogens is 1. The zero-order chi connectivity index (χ0) is 20.8. The number of nitrogens with zero attached hydrogens (tertiary/aromatic N) is 6. The van der Waals surface area contributed by atoms with Crippen LogP contribution in [-0.2, 0) is 7.05 Å². The molecule has 30 heavy (non-hydrogen) atoms. The Kier molecular flexibility index (Phi) is 4.58. The average molecular weight is 406 g/mol. The molecule has 154 valence electrons. The summed E-state index contributed by atoms with van der Waals surface area (Å²) in [5.74, 6) is 1.06. The van der Waals surface area contributed by atoms with Gasteiger partial charge < -0.3 is 4.90 Å². The molecule has 0 radical (unpaired) electrons. The summed E-state index contributed by atoms with van der Waals surface area (Å²) in [4.78, 5) is 18.7. The van der Waals surface area contributed by atoms with E-state index in [2.05, 4.69) is 27.4 Å². The number of carbonyl (C=O) groups is 1. The summed E-state index contributed by atoms with van der Waals surface area (Å²) in [6, 6.07) is 14.3. The lowest BCUT2D eigenvalue weighted by molar-refractivity contribution is 0.0768. The van der Waals surface area contributed by atoms with Gasteiger partial charge in [-0.1, -0.05) is 24.3 Å². The topological polar surface area (TPSA) is 67.2 Å². The summed E-state index contributed by atoms with van der Waals surface area (Å²) in [6.45, 7) is 2.32. The molecule has 8 heteroatoms. The highest BCUT2D eigenvalue weighted by atomic mass is 19.1. The van der Waals surface area contributed by atoms with Crippen LogP contribution < -0.4 is 0 Å². The molecule has 2 fully saturated rings. The lowest BCUT2D eigenvalue weighted by atomic mass is 9.89. The van der Waals surface area contributed by atoms with E-state index in [1.54, 1.807) is 19.2 Å². The van der Waals surface area contributed by atoms with Crippen molar-refractivity contribution < 1.29 is 9.18 Å². The Hall–Kier alpha value is -3.13. The molecule has 0 N–H and O–H groups in total. The largest absolute Gasteiger partial charge is 0.338 e. The number of amides is 1. The third kappa shape index (κ3) is 3.27. The van der Waals surface area contributed by atoms with E-state index < -0.39 is 0 Å². The van der Waals surface area contributed by atoms with Crippen LogP contribution in [0.4, 0.5) is 4.39 Å². The maximum Gasteiger partial charge on any atom is 0.253 e. The lowest BCUT2D eigenvalue weighted by Crippen LogP contribution is -2.33. The SMILES string of the molecule is CN1C[C@H]2CN(C(=O)c3ccc(-c4nnn(C)n4)cc3)C[C@H]2[C@@H]1c1cccc(F)c1. The van der Waals surface area contributed by atoms with Crippen LogP contribution in [-0.4, -0.2) is 62.6 Å². The predicted molar refractivity (Wildman–Crippen MR) is 109 cm³/mol. The Bertz CT molecular complexity index is 1080. The van der Waals surface area contributed by atoms with Crippen molar-refractivity contribution in [1.29, 1.82) is 0 Å². The van der Waals surface area contributed by atoms with Crippen LogP contribution in [0.15, 0.2) is 48.5 Å². The number of rotatable bonds is 3. The Morgan fingerprint density at radius 1 is 1.07 bits per heavy atom. The summed E-state index contributed by atoms with van der Waals surface area (Å²) < 4.78 is 13.8. The molecule has 1 aromatic heterocycles. The Morgan fingerprint density at radius 2 is 1.87 bits per heavy atom. The molecule has 0 saturated carbocycles. The van der Waals surface area contributed by atoms with Crippen molar-refractivity contribution in [2.24, 2.45) is 18.9 Å². The number of likely N-dealkylation sites (tertiary alicyclic amines) is 2. The first-order chi connectivity index (χ1) is 14.5. The maximum absolute atomic E-state index is 13.8. The molecular formula is C22H23FN6O. The Morgan fingerprint density at radius 3 is 2.57 bits per heavy atom. The fraction of sp³-hybridized carbons (Fsp3) is 0.364. The molecule has 2 saturated heterocycles. The van der Waals surface area contributed by atoms with Gasteiger partial charge in [-0.25, -0.2) is 4.39 Å². The van der Waals surface area contributed by atoms with Gasteiger partial charge in [0.15, 0.2) is 0 Å². The van der Waals surface area contributed by atoms with Gasteiger partial charge in [0.1, 0.15) is 5.82 Å². The van der Waals surface area contributed by atoms with Crippen LogP contribution in [0.5, 0.6) is 0 Å². The highest BCUT2D eigenvalue weighted by Gasteiger charge is 2.47. The van der Waals surface area contributed by atoms with Crippen LogP contribution >= 0.6 is 0 Å². The monoisotopic (exact) mass is 406 g/mol. The van der Waals surface area contributed by atoms with Crippen molar-refractivity contribution >= 4 is 5.91 Å². The molecule has 7 nitrogen and oxygen atoms in total. The molecular weight excluding hydrogens is 383 g/mol. The van der Waals surface area contributed by atoms with Crippen molar-refractivity contribution in [2.45, 2.75) is 6.04 Å². The minimum Gasteiger partial charge on any atom is -0.338 e. The molecule has 0 spiro atoms. The molecule has 1 amide bonds. The molecule has 0 unspecified atom stereocenters. The van der Waals surface area contributed by atoms with E-state index in [0.29, 0.717) is 29.8 Å². The van der Waals surface area contributed by atoms with Crippen molar-refractivity contribution in [2.75, 3.05) is 26.7 Å². The van der Waals surface area contributed by atoms with Crippen LogP contribution in [0.25, 0.3) is 11.4 Å². The third-order valence-corrected chi connectivity index (χ3v) is 6.27. The number of benzene rings is 2. The van der Waals surface area contributed by atoms with Gasteiger partial charge in [0.25, 0.3) is 5.91 Å². The number of aromatic nitrogens is 4. The molecule has 0 aliphatic carbocycles. The first kappa shape index (κ1) is 18.9. The molecule has 2 aliphatic heterocycles. The summed E-state index contributed by atoms with van der Waals surface area (Å²) in [6.07, 6.45) is 0. The summed E-state index contributed by atoms with van der Waals surface area (Å²) >= 11 is 0. The maximum atomic E-state index is 13.8. The second-order valence-corrected chi connectivity index (χ2v) is 8.25. The standard InChI is InChI=1S/C22H23FN6O/c1-27-11-17-12-29(13-19(17)20(27)16-4-3-5-18(23)10-16)22(30)15-8-6-14(7-9-15)21-24-26-28(2)25-21/h3-10,17,19-20H,11-13H2,1-2H3/t17-,19+,20-/m0/s1. The van der Waals surface area contributed by atoms with E-state index in [0.717, 1.165) is 24.2 Å². The third-order valence-electron chi connectivity index (χ3n) is 6.27. The summed E-state index contributed by atoms with van der Waals surface area (Å²) in [5, 5.41) is 12.0. The van der Waals surface area contributed by atoms with Crippen LogP contribution in [0, 0.1) is 17.7 Å². The number of carbonyl (C=O) groups excluding carboxylic acids is 1. The van der Waals surface area contributed by atoms with Gasteiger partial charge in [0.2, 0.25) is 5.82 Å². The lowest BCUT2D eigenvalue weighted by Gasteiger charge is -2.27. The number of tetrazole rings is 1. The molecule has 2 aliphatic rings. The van der Waals surface area contributed by atoms with Crippen molar-refractivity contribution in [3.63, 3.8) is 0 Å². The van der Waals surface area contributed by atoms with Crippen LogP contribution in [0.1, 0.15) is 22.0 Å². The molecule has 5 rings (SSSR count). The van der Waals surface area contributed by atoms with E-state index in [9.17, 15) is 9.18 Å². The quantitative estimate of drug-likeness (QED) is 0.668. The molecule has 3 aromatic rings. The first-order valence-corrected chi connectivity index (χ1v) is 10.1. The highest BCUT2D eigenvalue weighted by molar-refractivity contribution is 5.94. The number of fused-ring (bicyclic) bond motifs is 1. The van der Waals surface area contributed by atoms with Gasteiger partial charge in [-0.3, -0.25) is 9.69 Å². The van der Waals surface area contributed by atoms with Gasteiger partial charge in [-0.05, 0) is 48.0 Å². The highest BCUT2D eigenvalue weighted by Crippen LogP contribution is 2.44. The van der Waals surface area contributed by atoms with E-state index in [4.69, 9.17) is 0 Å². The predicted octanol–water partition coefficient (Wildman–Crippen LogP) is 2.39. The normalized spacial score (nSPS) is 23.7. The van der Waals surface area contributed by atoms with Gasteiger partial charge in [-0.2, -0.15) is 4.80 Å². The summed E-state index contributed by atoms with van der Waals surface area (Å²) in [7, 11) is 3.80. The number of hydrogen-bond acceptors (Lipinski definition) is 5. The van der Waals surface area contributed by atoms with Gasteiger partial charge in [0, 0.05) is 42.7 Å². The zero-order valence-electron chi connectivity index (χ0n) is 16.9. The van der Waals surface area contributed by atoms with E-state index in [1.807, 2.05) is 35.2 Å². The molecule has 3 heterocycles. The van der Waals surface area contributed by atoms with E-state index >= 15 is 0 Å². The fourth-order valence-corrected chi connectivity index (χ4v) is 4.96. The van der Waals surface area contributed by atoms with Crippen molar-refractivity contribution in [3.05, 3.63) is 65.5 Å². The molecule has 2 aromatic carbocycles. The van der Waals surface area contributed by atoms with Crippen LogP contribution in [0.2, 0.25) is 0 Å². The zero-order valence-corrected chi connectivity index (χ0v) is 16.9. The van der Waals surface area contributed by atoms with E-state index in [-0.39, 0.29) is 17.8 Å². The second-order valence-electron chi connectivity index (χ2n) is 8.25. The van der Waals surface area contributed by atoms with E-state index in [1.165, 1.54) is 10.9 Å². The minimum absolute atomic E-state index is 0.0312. The first-order valence-electron chi connectivity index (χ1n) is 10.1. The molecule has 0 bridgehead atoms. The smallest absolute Gasteiger partial charge is 0.253 e.